The standard InChI is InChI=1S/C35H32N6O3S2/c1-3-4-5-9-20-44-34(43)24-12-14-26(15-13-24)37-32(42)25(23-36)21-30-22-31-33(45-30)38-35(46-31)40-39-27-16-18-29(19-17-27)41(2)28-10-7-6-8-11-28/h6-8,10-19,21-22H,3-5,9,20H2,1-2H3,(H,37,42)/b25-21+,40-39+. The van der Waals surface area contributed by atoms with Crippen molar-refractivity contribution in [2.45, 2.75) is 32.6 Å². The summed E-state index contributed by atoms with van der Waals surface area (Å²) in [6.45, 7) is 2.51. The lowest BCUT2D eigenvalue weighted by molar-refractivity contribution is -0.112. The Labute approximate surface area is 275 Å². The Hall–Kier alpha value is -5.18. The molecular weight excluding hydrogens is 617 g/mol. The molecule has 5 aromatic rings. The third kappa shape index (κ3) is 8.50. The highest BCUT2D eigenvalue weighted by Gasteiger charge is 2.14. The number of unbranched alkanes of at least 4 members (excludes halogenated alkanes) is 3. The van der Waals surface area contributed by atoms with E-state index >= 15 is 0 Å². The van der Waals surface area contributed by atoms with Gasteiger partial charge in [0, 0.05) is 29.0 Å². The SMILES string of the molecule is CCCCCCOC(=O)c1ccc(NC(=O)/C(C#N)=C/c2cc3sc(/N=N/c4ccc(N(C)c5ccccc5)cc4)nc3s2)cc1. The smallest absolute Gasteiger partial charge is 0.338 e. The molecule has 0 aliphatic heterocycles. The zero-order valence-electron chi connectivity index (χ0n) is 25.5. The third-order valence-corrected chi connectivity index (χ3v) is 8.98. The number of hydrogen-bond donors (Lipinski definition) is 1. The molecule has 0 radical (unpaired) electrons. The first-order valence-corrected chi connectivity index (χ1v) is 16.5. The fourth-order valence-electron chi connectivity index (χ4n) is 4.46. The lowest BCUT2D eigenvalue weighted by Crippen LogP contribution is -2.13. The molecule has 0 aliphatic rings. The van der Waals surface area contributed by atoms with E-state index in [1.807, 2.05) is 61.6 Å². The molecule has 11 heteroatoms. The topological polar surface area (TPSA) is 120 Å². The van der Waals surface area contributed by atoms with E-state index in [0.29, 0.717) is 28.7 Å². The number of fused-ring (bicyclic) bond motifs is 1. The van der Waals surface area contributed by atoms with Crippen molar-refractivity contribution in [3.05, 3.63) is 101 Å². The number of nitrogens with one attached hydrogen (secondary N) is 1. The number of hydrogen-bond acceptors (Lipinski definition) is 10. The molecule has 2 aromatic heterocycles. The highest BCUT2D eigenvalue weighted by Crippen LogP contribution is 2.36. The van der Waals surface area contributed by atoms with Crippen molar-refractivity contribution in [2.75, 3.05) is 23.9 Å². The maximum atomic E-state index is 12.8. The van der Waals surface area contributed by atoms with Gasteiger partial charge >= 0.3 is 5.97 Å². The van der Waals surface area contributed by atoms with Crippen molar-refractivity contribution in [3.63, 3.8) is 0 Å². The zero-order chi connectivity index (χ0) is 32.3. The number of rotatable bonds is 13. The number of thiophene rings is 1. The molecule has 0 spiro atoms. The van der Waals surface area contributed by atoms with Crippen LogP contribution in [0.25, 0.3) is 15.6 Å². The molecule has 2 heterocycles. The number of carbonyl (C=O) groups is 2. The van der Waals surface area contributed by atoms with E-state index in [4.69, 9.17) is 4.74 Å². The van der Waals surface area contributed by atoms with E-state index in [1.54, 1.807) is 24.3 Å². The number of thiazole rings is 1. The first-order chi connectivity index (χ1) is 22.4. The Morgan fingerprint density at radius 2 is 1.70 bits per heavy atom. The van der Waals surface area contributed by atoms with Crippen LogP contribution in [0, 0.1) is 11.3 Å². The lowest BCUT2D eigenvalue weighted by Gasteiger charge is -2.19. The molecule has 0 bridgehead atoms. The molecule has 0 unspecified atom stereocenters. The lowest BCUT2D eigenvalue weighted by atomic mass is 10.2. The Balaban J connectivity index is 1.17. The number of ether oxygens (including phenoxy) is 1. The van der Waals surface area contributed by atoms with E-state index in [9.17, 15) is 14.9 Å². The predicted molar refractivity (Wildman–Crippen MR) is 186 cm³/mol. The number of carbonyl (C=O) groups excluding carboxylic acids is 2. The van der Waals surface area contributed by atoms with Crippen molar-refractivity contribution in [1.29, 1.82) is 5.26 Å². The van der Waals surface area contributed by atoms with Gasteiger partial charge in [-0.3, -0.25) is 4.79 Å². The van der Waals surface area contributed by atoms with Crippen LogP contribution in [0.5, 0.6) is 0 Å². The Morgan fingerprint density at radius 1 is 0.957 bits per heavy atom. The number of para-hydroxylation sites is 1. The van der Waals surface area contributed by atoms with Gasteiger partial charge in [0.25, 0.3) is 5.91 Å². The van der Waals surface area contributed by atoms with Crippen molar-refractivity contribution in [3.8, 4) is 6.07 Å². The second kappa shape index (κ2) is 15.7. The van der Waals surface area contributed by atoms with Crippen molar-refractivity contribution in [1.82, 2.24) is 4.98 Å². The predicted octanol–water partition coefficient (Wildman–Crippen LogP) is 9.82. The number of anilines is 3. The van der Waals surface area contributed by atoms with Crippen LogP contribution in [0.2, 0.25) is 0 Å². The molecule has 1 N–H and O–H groups in total. The van der Waals surface area contributed by atoms with Gasteiger partial charge in [-0.05, 0) is 79.2 Å². The largest absolute Gasteiger partial charge is 0.462 e. The van der Waals surface area contributed by atoms with Gasteiger partial charge in [-0.25, -0.2) is 9.78 Å². The van der Waals surface area contributed by atoms with Gasteiger partial charge < -0.3 is 15.0 Å². The van der Waals surface area contributed by atoms with E-state index in [-0.39, 0.29) is 5.57 Å². The van der Waals surface area contributed by atoms with Crippen LogP contribution >= 0.6 is 22.7 Å². The maximum Gasteiger partial charge on any atom is 0.338 e. The number of azo groups is 1. The van der Waals surface area contributed by atoms with Gasteiger partial charge in [-0.15, -0.1) is 21.6 Å². The normalized spacial score (nSPS) is 11.5. The maximum absolute atomic E-state index is 12.8. The van der Waals surface area contributed by atoms with Gasteiger partial charge in [0.2, 0.25) is 5.13 Å². The monoisotopic (exact) mass is 648 g/mol. The van der Waals surface area contributed by atoms with Crippen molar-refractivity contribution < 1.29 is 14.3 Å². The molecule has 5 rings (SSSR count). The van der Waals surface area contributed by atoms with E-state index < -0.39 is 11.9 Å². The highest BCUT2D eigenvalue weighted by molar-refractivity contribution is 7.29. The Kier molecular flexibility index (Phi) is 11.0. The average Bonchev–Trinajstić information content (AvgIpc) is 3.65. The van der Waals surface area contributed by atoms with E-state index in [2.05, 4.69) is 44.5 Å². The molecule has 0 fully saturated rings. The fraction of sp³-hybridized carbons (Fsp3) is 0.200. The number of nitriles is 1. The van der Waals surface area contributed by atoms with Crippen LogP contribution in [-0.2, 0) is 9.53 Å². The highest BCUT2D eigenvalue weighted by atomic mass is 32.1. The van der Waals surface area contributed by atoms with Gasteiger partial charge in [0.1, 0.15) is 16.5 Å². The minimum absolute atomic E-state index is 0.0502. The van der Waals surface area contributed by atoms with Crippen molar-refractivity contribution >= 4 is 78.0 Å². The summed E-state index contributed by atoms with van der Waals surface area (Å²) in [5.74, 6) is -0.946. The van der Waals surface area contributed by atoms with Crippen molar-refractivity contribution in [2.24, 2.45) is 10.2 Å². The van der Waals surface area contributed by atoms with Crippen LogP contribution in [-0.4, -0.2) is 30.5 Å². The quantitative estimate of drug-likeness (QED) is 0.0446. The molecule has 9 nitrogen and oxygen atoms in total. The molecule has 1 amide bonds. The van der Waals surface area contributed by atoms with E-state index in [0.717, 1.165) is 51.5 Å². The molecule has 0 atom stereocenters. The van der Waals surface area contributed by atoms with Gasteiger partial charge in [0.05, 0.1) is 22.6 Å². The minimum Gasteiger partial charge on any atom is -0.462 e. The van der Waals surface area contributed by atoms with Crippen LogP contribution < -0.4 is 10.2 Å². The fourth-order valence-corrected chi connectivity index (χ4v) is 6.44. The number of benzene rings is 3. The summed E-state index contributed by atoms with van der Waals surface area (Å²) in [6.07, 6.45) is 5.64. The van der Waals surface area contributed by atoms with Gasteiger partial charge in [-0.2, -0.15) is 5.26 Å². The van der Waals surface area contributed by atoms with Gasteiger partial charge in [0.15, 0.2) is 0 Å². The summed E-state index contributed by atoms with van der Waals surface area (Å²) in [4.78, 5) is 33.2. The second-order valence-electron chi connectivity index (χ2n) is 10.3. The molecular formula is C35H32N6O3S2. The average molecular weight is 649 g/mol. The number of esters is 1. The summed E-state index contributed by atoms with van der Waals surface area (Å²) >= 11 is 2.74. The molecule has 232 valence electrons. The van der Waals surface area contributed by atoms with Crippen LogP contribution in [0.15, 0.2) is 101 Å². The summed E-state index contributed by atoms with van der Waals surface area (Å²) in [5, 5.41) is 21.5. The first-order valence-electron chi connectivity index (χ1n) is 14.8. The number of amides is 1. The van der Waals surface area contributed by atoms with Crippen LogP contribution in [0.3, 0.4) is 0 Å². The second-order valence-corrected chi connectivity index (χ2v) is 12.4. The zero-order valence-corrected chi connectivity index (χ0v) is 27.1. The van der Waals surface area contributed by atoms with E-state index in [1.165, 1.54) is 28.7 Å². The summed E-state index contributed by atoms with van der Waals surface area (Å²) < 4.78 is 6.19. The molecule has 0 aliphatic carbocycles. The summed E-state index contributed by atoms with van der Waals surface area (Å²) in [5.41, 5.74) is 3.66. The number of aromatic nitrogens is 1. The van der Waals surface area contributed by atoms with Gasteiger partial charge in [-0.1, -0.05) is 55.7 Å². The Morgan fingerprint density at radius 3 is 2.39 bits per heavy atom. The first kappa shape index (κ1) is 32.2. The third-order valence-electron chi connectivity index (χ3n) is 6.99. The molecule has 0 saturated heterocycles. The summed E-state index contributed by atoms with van der Waals surface area (Å²) in [7, 11) is 2.01. The van der Waals surface area contributed by atoms with Crippen LogP contribution in [0.4, 0.5) is 27.9 Å². The molecule has 46 heavy (non-hydrogen) atoms. The number of nitrogens with zero attached hydrogens (tertiary/aromatic N) is 5. The molecule has 0 saturated carbocycles. The Bertz CT molecular complexity index is 1860. The minimum atomic E-state index is -0.547. The summed E-state index contributed by atoms with van der Waals surface area (Å²) in [6, 6.07) is 28.2. The molecule has 3 aromatic carbocycles. The van der Waals surface area contributed by atoms with Crippen LogP contribution in [0.1, 0.15) is 47.8 Å².